The van der Waals surface area contributed by atoms with Gasteiger partial charge in [-0.2, -0.15) is 4.98 Å². The molecule has 0 saturated heterocycles. The molecule has 1 aliphatic heterocycles. The molecule has 1 atom stereocenters. The second kappa shape index (κ2) is 10.9. The lowest BCUT2D eigenvalue weighted by Crippen LogP contribution is -2.37. The minimum absolute atomic E-state index is 0.0403. The van der Waals surface area contributed by atoms with Crippen LogP contribution in [0.2, 0.25) is 0 Å². The van der Waals surface area contributed by atoms with Crippen molar-refractivity contribution in [1.82, 2.24) is 15.2 Å². The lowest BCUT2D eigenvalue weighted by Gasteiger charge is -2.31. The number of hydrogen-bond acceptors (Lipinski definition) is 7. The predicted octanol–water partition coefficient (Wildman–Crippen LogP) is 5.91. The number of benzene rings is 2. The number of ether oxygens (including phenoxy) is 2. The second-order valence-corrected chi connectivity index (χ2v) is 9.41. The lowest BCUT2D eigenvalue weighted by molar-refractivity contribution is -0.120. The number of rotatable bonds is 8. The van der Waals surface area contributed by atoms with Crippen LogP contribution >= 0.6 is 11.8 Å². The first-order chi connectivity index (χ1) is 16.5. The van der Waals surface area contributed by atoms with Crippen LogP contribution in [-0.2, 0) is 4.79 Å². The maximum absolute atomic E-state index is 13.5. The zero-order chi connectivity index (χ0) is 24.1. The fraction of sp³-hybridized carbons (Fsp3) is 0.385. The topological polar surface area (TPSA) is 77.4 Å². The summed E-state index contributed by atoms with van der Waals surface area (Å²) >= 11 is 1.54. The number of aromatic nitrogens is 3. The van der Waals surface area contributed by atoms with Crippen molar-refractivity contribution in [3.05, 3.63) is 54.1 Å². The van der Waals surface area contributed by atoms with Crippen LogP contribution in [0.3, 0.4) is 0 Å². The summed E-state index contributed by atoms with van der Waals surface area (Å²) in [6.45, 7) is 8.72. The molecule has 3 aromatic rings. The Balaban J connectivity index is 1.90. The molecule has 1 amide bonds. The van der Waals surface area contributed by atoms with E-state index in [1.807, 2.05) is 62.4 Å². The van der Waals surface area contributed by atoms with Gasteiger partial charge in [-0.25, -0.2) is 0 Å². The average molecular weight is 479 g/mol. The molecule has 0 bridgehead atoms. The first kappa shape index (κ1) is 24.0. The summed E-state index contributed by atoms with van der Waals surface area (Å²) in [5, 5.41) is 9.40. The third kappa shape index (κ3) is 5.01. The van der Waals surface area contributed by atoms with Crippen molar-refractivity contribution in [2.75, 3.05) is 17.3 Å². The first-order valence-corrected chi connectivity index (χ1v) is 12.7. The molecule has 1 aromatic heterocycles. The molecule has 0 radical (unpaired) electrons. The number of carbonyl (C=O) groups is 1. The van der Waals surface area contributed by atoms with Gasteiger partial charge in [-0.3, -0.25) is 9.69 Å². The third-order valence-electron chi connectivity index (χ3n) is 5.28. The molecular formula is C26H30N4O3S. The van der Waals surface area contributed by atoms with Gasteiger partial charge in [0, 0.05) is 17.7 Å². The highest BCUT2D eigenvalue weighted by Crippen LogP contribution is 2.45. The van der Waals surface area contributed by atoms with Crippen molar-refractivity contribution in [2.45, 2.75) is 51.9 Å². The number of para-hydroxylation sites is 2. The number of anilines is 1. The molecule has 0 N–H and O–H groups in total. The molecule has 0 aliphatic carbocycles. The van der Waals surface area contributed by atoms with E-state index in [2.05, 4.69) is 24.0 Å². The van der Waals surface area contributed by atoms with Crippen molar-refractivity contribution in [3.8, 4) is 22.9 Å². The van der Waals surface area contributed by atoms with Crippen molar-refractivity contribution >= 4 is 23.4 Å². The lowest BCUT2D eigenvalue weighted by atomic mass is 10.1. The molecule has 2 aromatic carbocycles. The SMILES string of the molecule is CCCC(=O)N1c2ccccc2-c2nnc(SCC(C)C)nc2OC1c1ccccc1OCC. The Bertz CT molecular complexity index is 1150. The number of hydrogen-bond donors (Lipinski definition) is 0. The summed E-state index contributed by atoms with van der Waals surface area (Å²) in [6.07, 6.45) is 0.345. The van der Waals surface area contributed by atoms with Crippen molar-refractivity contribution in [2.24, 2.45) is 5.92 Å². The molecule has 0 fully saturated rings. The van der Waals surface area contributed by atoms with Crippen molar-refractivity contribution in [1.29, 1.82) is 0 Å². The van der Waals surface area contributed by atoms with Crippen LogP contribution in [0.15, 0.2) is 53.7 Å². The van der Waals surface area contributed by atoms with Gasteiger partial charge < -0.3 is 9.47 Å². The van der Waals surface area contributed by atoms with Gasteiger partial charge in [-0.1, -0.05) is 62.9 Å². The van der Waals surface area contributed by atoms with Gasteiger partial charge in [0.25, 0.3) is 0 Å². The summed E-state index contributed by atoms with van der Waals surface area (Å²) in [5.41, 5.74) is 2.76. The normalized spacial score (nSPS) is 14.7. The third-order valence-corrected chi connectivity index (χ3v) is 6.54. The maximum Gasteiger partial charge on any atom is 0.247 e. The Kier molecular flexibility index (Phi) is 7.67. The van der Waals surface area contributed by atoms with Crippen LogP contribution in [0, 0.1) is 5.92 Å². The largest absolute Gasteiger partial charge is 0.493 e. The van der Waals surface area contributed by atoms with Gasteiger partial charge in [-0.15, -0.1) is 10.2 Å². The molecule has 34 heavy (non-hydrogen) atoms. The number of nitrogens with zero attached hydrogens (tertiary/aromatic N) is 4. The molecule has 7 nitrogen and oxygen atoms in total. The van der Waals surface area contributed by atoms with E-state index >= 15 is 0 Å². The highest BCUT2D eigenvalue weighted by Gasteiger charge is 2.36. The Morgan fingerprint density at radius 3 is 2.65 bits per heavy atom. The molecule has 0 saturated carbocycles. The van der Waals surface area contributed by atoms with E-state index in [-0.39, 0.29) is 5.91 Å². The quantitative estimate of drug-likeness (QED) is 0.372. The van der Waals surface area contributed by atoms with E-state index in [4.69, 9.17) is 14.5 Å². The van der Waals surface area contributed by atoms with Gasteiger partial charge in [0.2, 0.25) is 23.2 Å². The monoisotopic (exact) mass is 478 g/mol. The van der Waals surface area contributed by atoms with Gasteiger partial charge in [-0.05, 0) is 37.5 Å². The molecule has 2 heterocycles. The van der Waals surface area contributed by atoms with Crippen LogP contribution in [0.25, 0.3) is 11.3 Å². The van der Waals surface area contributed by atoms with E-state index in [9.17, 15) is 4.79 Å². The summed E-state index contributed by atoms with van der Waals surface area (Å²) in [6, 6.07) is 15.3. The molecular weight excluding hydrogens is 448 g/mol. The minimum atomic E-state index is -0.760. The van der Waals surface area contributed by atoms with E-state index in [0.29, 0.717) is 41.4 Å². The smallest absolute Gasteiger partial charge is 0.247 e. The van der Waals surface area contributed by atoms with Gasteiger partial charge in [0.15, 0.2) is 5.69 Å². The van der Waals surface area contributed by atoms with E-state index in [0.717, 1.165) is 29.0 Å². The summed E-state index contributed by atoms with van der Waals surface area (Å²) in [5.74, 6) is 2.34. The zero-order valence-electron chi connectivity index (χ0n) is 20.0. The molecule has 178 valence electrons. The predicted molar refractivity (Wildman–Crippen MR) is 134 cm³/mol. The van der Waals surface area contributed by atoms with Crippen LogP contribution < -0.4 is 14.4 Å². The standard InChI is InChI=1S/C26H30N4O3S/c1-5-11-22(31)30-20-14-9-7-12-18(20)23-24(27-26(29-28-23)34-16-17(3)4)33-25(30)19-13-8-10-15-21(19)32-6-2/h7-10,12-15,17,25H,5-6,11,16H2,1-4H3. The van der Waals surface area contributed by atoms with Gasteiger partial charge in [0.05, 0.1) is 17.9 Å². The summed E-state index contributed by atoms with van der Waals surface area (Å²) in [7, 11) is 0. The van der Waals surface area contributed by atoms with E-state index in [1.54, 1.807) is 16.7 Å². The van der Waals surface area contributed by atoms with E-state index in [1.165, 1.54) is 0 Å². The highest BCUT2D eigenvalue weighted by molar-refractivity contribution is 7.99. The van der Waals surface area contributed by atoms with Crippen molar-refractivity contribution in [3.63, 3.8) is 0 Å². The minimum Gasteiger partial charge on any atom is -0.493 e. The van der Waals surface area contributed by atoms with Crippen LogP contribution in [0.5, 0.6) is 11.6 Å². The van der Waals surface area contributed by atoms with Crippen molar-refractivity contribution < 1.29 is 14.3 Å². The fourth-order valence-electron chi connectivity index (χ4n) is 3.79. The Morgan fingerprint density at radius 1 is 1.12 bits per heavy atom. The van der Waals surface area contributed by atoms with Crippen LogP contribution in [0.1, 0.15) is 52.3 Å². The highest BCUT2D eigenvalue weighted by atomic mass is 32.2. The second-order valence-electron chi connectivity index (χ2n) is 8.42. The van der Waals surface area contributed by atoms with E-state index < -0.39 is 6.23 Å². The Hall–Kier alpha value is -3.13. The number of thioether (sulfide) groups is 1. The maximum atomic E-state index is 13.5. The van der Waals surface area contributed by atoms with Gasteiger partial charge in [0.1, 0.15) is 5.75 Å². The fourth-order valence-corrected chi connectivity index (χ4v) is 4.52. The molecule has 8 heteroatoms. The number of fused-ring (bicyclic) bond motifs is 3. The molecule has 0 spiro atoms. The molecule has 4 rings (SSSR count). The number of amides is 1. The number of carbonyl (C=O) groups excluding carboxylic acids is 1. The van der Waals surface area contributed by atoms with Gasteiger partial charge >= 0.3 is 0 Å². The summed E-state index contributed by atoms with van der Waals surface area (Å²) < 4.78 is 12.5. The molecule has 1 aliphatic rings. The van der Waals surface area contributed by atoms with Crippen LogP contribution in [-0.4, -0.2) is 33.4 Å². The first-order valence-electron chi connectivity index (χ1n) is 11.7. The molecule has 1 unspecified atom stereocenters. The van der Waals surface area contributed by atoms with Crippen LogP contribution in [0.4, 0.5) is 5.69 Å². The summed E-state index contributed by atoms with van der Waals surface area (Å²) in [4.78, 5) is 19.9. The zero-order valence-corrected chi connectivity index (χ0v) is 20.8. The Morgan fingerprint density at radius 2 is 1.88 bits per heavy atom. The average Bonchev–Trinajstić information content (AvgIpc) is 2.98. The Labute approximate surface area is 204 Å².